The maximum atomic E-state index is 12.3. The summed E-state index contributed by atoms with van der Waals surface area (Å²) in [5, 5.41) is 108. The van der Waals surface area contributed by atoms with E-state index in [9.17, 15) is 51.1 Å². The molecule has 6 rings (SSSR count). The summed E-state index contributed by atoms with van der Waals surface area (Å²) in [6.45, 7) is 15.4. The Morgan fingerprint density at radius 2 is 1.38 bits per heavy atom. The number of ether oxygens (including phenoxy) is 4. The molecule has 2 aliphatic heterocycles. The van der Waals surface area contributed by atoms with Gasteiger partial charge in [0.05, 0.1) is 37.1 Å². The third kappa shape index (κ3) is 7.16. The topological polar surface area (TPSA) is 239 Å². The van der Waals surface area contributed by atoms with Crippen molar-refractivity contribution in [3.05, 3.63) is 11.6 Å². The fourth-order valence-corrected chi connectivity index (χ4v) is 12.7. The van der Waals surface area contributed by atoms with Crippen molar-refractivity contribution in [1.29, 1.82) is 0 Å². The standard InChI is InChI=1S/C42H72O14/c1-20(21-15-16-40(6)26-12-10-22-23(11-13-27(45)38(22,2)3)42(26,8)28(46)17-41(21,40)7)9-14-29(39(4,5)52)55-37-35(33(50)31(48)25(19-44)54-37)56-36-34(51)32(49)30(47)24(18-43)53-36/h10,20-21,23-37,43-52H,9,11-19H2,1-8H3/t20-,21?,23?,24+,25-,26?,27+,28-,29-,30+,31-,32-,33+,34+,35-,36-,37+,40+,41-,42+/m1/s1. The van der Waals surface area contributed by atoms with Crippen molar-refractivity contribution in [3.8, 4) is 0 Å². The lowest BCUT2D eigenvalue weighted by molar-refractivity contribution is -0.375. The molecule has 0 amide bonds. The molecular formula is C42H72O14. The Labute approximate surface area is 331 Å². The second-order valence-corrected chi connectivity index (χ2v) is 20.2. The summed E-state index contributed by atoms with van der Waals surface area (Å²) in [7, 11) is 0. The molecular weight excluding hydrogens is 728 g/mol. The van der Waals surface area contributed by atoms with Crippen LogP contribution < -0.4 is 0 Å². The summed E-state index contributed by atoms with van der Waals surface area (Å²) in [4.78, 5) is 0. The monoisotopic (exact) mass is 800 g/mol. The van der Waals surface area contributed by atoms with Gasteiger partial charge >= 0.3 is 0 Å². The molecule has 3 saturated carbocycles. The van der Waals surface area contributed by atoms with Gasteiger partial charge in [-0.25, -0.2) is 0 Å². The van der Waals surface area contributed by atoms with E-state index < -0.39 is 98.5 Å². The Hall–Kier alpha value is -0.820. The van der Waals surface area contributed by atoms with Gasteiger partial charge in [0.2, 0.25) is 0 Å². The molecule has 0 bridgehead atoms. The van der Waals surface area contributed by atoms with E-state index >= 15 is 0 Å². The molecule has 0 radical (unpaired) electrons. The van der Waals surface area contributed by atoms with E-state index in [0.717, 1.165) is 32.1 Å². The van der Waals surface area contributed by atoms with Crippen LogP contribution in [0.15, 0.2) is 11.6 Å². The molecule has 0 aromatic carbocycles. The molecule has 0 aromatic rings. The van der Waals surface area contributed by atoms with E-state index in [2.05, 4.69) is 47.6 Å². The molecule has 5 fully saturated rings. The molecule has 2 saturated heterocycles. The van der Waals surface area contributed by atoms with Crippen molar-refractivity contribution < 1.29 is 70.0 Å². The molecule has 14 heteroatoms. The van der Waals surface area contributed by atoms with Crippen LogP contribution in [-0.4, -0.2) is 150 Å². The maximum absolute atomic E-state index is 12.3. The van der Waals surface area contributed by atoms with Gasteiger partial charge < -0.3 is 70.0 Å². The van der Waals surface area contributed by atoms with Crippen LogP contribution in [-0.2, 0) is 18.9 Å². The lowest BCUT2D eigenvalue weighted by atomic mass is 9.38. The average molecular weight is 801 g/mol. The number of fused-ring (bicyclic) bond motifs is 5. The van der Waals surface area contributed by atoms with Crippen LogP contribution in [0.25, 0.3) is 0 Å². The zero-order valence-electron chi connectivity index (χ0n) is 34.6. The fourth-order valence-electron chi connectivity index (χ4n) is 12.7. The van der Waals surface area contributed by atoms with E-state index in [1.807, 2.05) is 0 Å². The predicted molar refractivity (Wildman–Crippen MR) is 202 cm³/mol. The first-order valence-corrected chi connectivity index (χ1v) is 21.0. The van der Waals surface area contributed by atoms with E-state index in [1.165, 1.54) is 5.57 Å². The third-order valence-electron chi connectivity index (χ3n) is 16.6. The van der Waals surface area contributed by atoms with E-state index in [-0.39, 0.29) is 45.3 Å². The van der Waals surface area contributed by atoms with Crippen molar-refractivity contribution >= 4 is 0 Å². The number of rotatable bonds is 11. The van der Waals surface area contributed by atoms with Crippen LogP contribution in [0.2, 0.25) is 0 Å². The minimum atomic E-state index is -1.80. The van der Waals surface area contributed by atoms with Crippen molar-refractivity contribution in [1.82, 2.24) is 0 Å². The van der Waals surface area contributed by atoms with Gasteiger partial charge in [-0.1, -0.05) is 53.2 Å². The smallest absolute Gasteiger partial charge is 0.187 e. The first kappa shape index (κ1) is 44.7. The zero-order chi connectivity index (χ0) is 41.5. The molecule has 56 heavy (non-hydrogen) atoms. The minimum Gasteiger partial charge on any atom is -0.394 e. The van der Waals surface area contributed by atoms with Crippen molar-refractivity contribution in [3.63, 3.8) is 0 Å². The second-order valence-electron chi connectivity index (χ2n) is 20.2. The van der Waals surface area contributed by atoms with Gasteiger partial charge in [0.25, 0.3) is 0 Å². The van der Waals surface area contributed by atoms with Crippen LogP contribution in [0.1, 0.15) is 107 Å². The Kier molecular flexibility index (Phi) is 12.7. The van der Waals surface area contributed by atoms with Crippen LogP contribution in [0, 0.1) is 45.3 Å². The van der Waals surface area contributed by atoms with Gasteiger partial charge in [-0.05, 0) is 99.7 Å². The van der Waals surface area contributed by atoms with E-state index in [4.69, 9.17) is 18.9 Å². The number of allylic oxidation sites excluding steroid dienone is 1. The Morgan fingerprint density at radius 1 is 0.768 bits per heavy atom. The molecule has 324 valence electrons. The zero-order valence-corrected chi connectivity index (χ0v) is 34.6. The first-order valence-electron chi connectivity index (χ1n) is 21.0. The van der Waals surface area contributed by atoms with Crippen LogP contribution in [0.5, 0.6) is 0 Å². The van der Waals surface area contributed by atoms with Gasteiger partial charge in [0, 0.05) is 10.8 Å². The summed E-state index contributed by atoms with van der Waals surface area (Å²) in [6, 6.07) is 0. The SMILES string of the molecule is C[C@H](CC[C@@H](O[C@@H]1O[C@H](CO)[C@@H](O)[C@H](O)[C@H]1O[C@H]1O[C@@H](CO)[C@H](O)[C@@H](O)[C@@H]1O)C(C)(C)O)C1CC[C@@]2(C)C3CC=C4C(CC[C@H](O)C4(C)C)[C@]3(C)[C@H](O)C[C@]12C. The third-order valence-corrected chi connectivity index (χ3v) is 16.6. The first-order chi connectivity index (χ1) is 26.0. The molecule has 3 unspecified atom stereocenters. The number of aliphatic hydroxyl groups is 10. The van der Waals surface area contributed by atoms with Crippen molar-refractivity contribution in [2.24, 2.45) is 45.3 Å². The van der Waals surface area contributed by atoms with Gasteiger partial charge in [-0.3, -0.25) is 0 Å². The lowest BCUT2D eigenvalue weighted by Gasteiger charge is -2.67. The summed E-state index contributed by atoms with van der Waals surface area (Å²) in [5.74, 6) is 0.931. The van der Waals surface area contributed by atoms with E-state index in [1.54, 1.807) is 13.8 Å². The van der Waals surface area contributed by atoms with E-state index in [0.29, 0.717) is 19.3 Å². The van der Waals surface area contributed by atoms with Crippen molar-refractivity contribution in [2.45, 2.75) is 192 Å². The molecule has 14 nitrogen and oxygen atoms in total. The van der Waals surface area contributed by atoms with Gasteiger partial charge in [0.1, 0.15) is 48.8 Å². The maximum Gasteiger partial charge on any atom is 0.187 e. The van der Waals surface area contributed by atoms with Crippen molar-refractivity contribution in [2.75, 3.05) is 13.2 Å². The average Bonchev–Trinajstić information content (AvgIpc) is 3.40. The highest BCUT2D eigenvalue weighted by atomic mass is 16.8. The predicted octanol–water partition coefficient (Wildman–Crippen LogP) is 1.12. The number of hydrogen-bond donors (Lipinski definition) is 10. The highest BCUT2D eigenvalue weighted by Crippen LogP contribution is 2.75. The largest absolute Gasteiger partial charge is 0.394 e. The van der Waals surface area contributed by atoms with Crippen LogP contribution in [0.3, 0.4) is 0 Å². The summed E-state index contributed by atoms with van der Waals surface area (Å²) < 4.78 is 23.7. The minimum absolute atomic E-state index is 0.0323. The fraction of sp³-hybridized carbons (Fsp3) is 0.952. The van der Waals surface area contributed by atoms with Gasteiger partial charge in [-0.2, -0.15) is 0 Å². The Balaban J connectivity index is 1.19. The quantitative estimate of drug-likeness (QED) is 0.132. The Bertz CT molecular complexity index is 1400. The van der Waals surface area contributed by atoms with Crippen LogP contribution in [0.4, 0.5) is 0 Å². The lowest BCUT2D eigenvalue weighted by Crippen LogP contribution is -2.65. The molecule has 0 aromatic heterocycles. The molecule has 0 spiro atoms. The van der Waals surface area contributed by atoms with Gasteiger partial charge in [-0.15, -0.1) is 0 Å². The number of aliphatic hydroxyl groups excluding tert-OH is 9. The molecule has 10 N–H and O–H groups in total. The molecule has 2 heterocycles. The highest BCUT2D eigenvalue weighted by Gasteiger charge is 2.70. The summed E-state index contributed by atoms with van der Waals surface area (Å²) >= 11 is 0. The summed E-state index contributed by atoms with van der Waals surface area (Å²) in [6.07, 6.45) is -9.06. The molecule has 4 aliphatic carbocycles. The molecule has 20 atom stereocenters. The van der Waals surface area contributed by atoms with Crippen LogP contribution >= 0.6 is 0 Å². The number of hydrogen-bond acceptors (Lipinski definition) is 14. The summed E-state index contributed by atoms with van der Waals surface area (Å²) in [5.41, 5.74) is -0.951. The molecule has 6 aliphatic rings. The Morgan fingerprint density at radius 3 is 1.98 bits per heavy atom. The highest BCUT2D eigenvalue weighted by molar-refractivity contribution is 5.31. The van der Waals surface area contributed by atoms with Gasteiger partial charge in [0.15, 0.2) is 12.6 Å². The second kappa shape index (κ2) is 15.9. The normalized spacial score (nSPS) is 50.3.